The van der Waals surface area contributed by atoms with Crippen LogP contribution in [0.4, 0.5) is 5.69 Å². The van der Waals surface area contributed by atoms with Crippen LogP contribution in [0.3, 0.4) is 0 Å². The number of hydrogen-bond acceptors (Lipinski definition) is 3. The lowest BCUT2D eigenvalue weighted by Crippen LogP contribution is -2.23. The highest BCUT2D eigenvalue weighted by Gasteiger charge is 2.02. The maximum absolute atomic E-state index is 6.04. The third-order valence-corrected chi connectivity index (χ3v) is 3.56. The fourth-order valence-electron chi connectivity index (χ4n) is 1.62. The first kappa shape index (κ1) is 16.5. The van der Waals surface area contributed by atoms with E-state index >= 15 is 0 Å². The summed E-state index contributed by atoms with van der Waals surface area (Å²) >= 11 is 17.2. The van der Waals surface area contributed by atoms with Gasteiger partial charge in [-0.05, 0) is 48.6 Å². The van der Waals surface area contributed by atoms with E-state index in [2.05, 4.69) is 15.8 Å². The van der Waals surface area contributed by atoms with Gasteiger partial charge in [-0.3, -0.25) is 5.43 Å². The summed E-state index contributed by atoms with van der Waals surface area (Å²) in [4.78, 5) is 0. The van der Waals surface area contributed by atoms with E-state index in [0.29, 0.717) is 20.7 Å². The van der Waals surface area contributed by atoms with Crippen molar-refractivity contribution in [3.05, 3.63) is 58.1 Å². The van der Waals surface area contributed by atoms with E-state index in [9.17, 15) is 0 Å². The molecule has 0 radical (unpaired) electrons. The van der Waals surface area contributed by atoms with Gasteiger partial charge in [-0.25, -0.2) is 0 Å². The van der Waals surface area contributed by atoms with Gasteiger partial charge < -0.3 is 10.1 Å². The Bertz CT molecular complexity index is 669. The van der Waals surface area contributed by atoms with Crippen LogP contribution in [0.2, 0.25) is 10.0 Å². The van der Waals surface area contributed by atoms with Gasteiger partial charge in [0, 0.05) is 11.3 Å². The highest BCUT2D eigenvalue weighted by Crippen LogP contribution is 2.22. The Morgan fingerprint density at radius 1 is 1.14 bits per heavy atom. The molecule has 0 atom stereocenters. The molecule has 0 spiro atoms. The van der Waals surface area contributed by atoms with Gasteiger partial charge in [0.05, 0.1) is 23.4 Å². The monoisotopic (exact) mass is 353 g/mol. The molecular formula is C15H13Cl2N3OS. The number of nitrogens with one attached hydrogen (secondary N) is 2. The zero-order chi connectivity index (χ0) is 15.9. The van der Waals surface area contributed by atoms with E-state index in [1.165, 1.54) is 6.21 Å². The summed E-state index contributed by atoms with van der Waals surface area (Å²) < 4.78 is 5.09. The minimum Gasteiger partial charge on any atom is -0.497 e. The number of benzene rings is 2. The van der Waals surface area contributed by atoms with Crippen LogP contribution in [0.5, 0.6) is 5.75 Å². The van der Waals surface area contributed by atoms with Crippen molar-refractivity contribution in [2.75, 3.05) is 12.4 Å². The molecule has 0 aliphatic heterocycles. The number of hydrazone groups is 1. The average molecular weight is 354 g/mol. The van der Waals surface area contributed by atoms with Crippen molar-refractivity contribution in [3.8, 4) is 5.75 Å². The van der Waals surface area contributed by atoms with E-state index in [4.69, 9.17) is 40.2 Å². The maximum atomic E-state index is 6.04. The second-order valence-corrected chi connectivity index (χ2v) is 5.41. The van der Waals surface area contributed by atoms with Crippen LogP contribution in [0.15, 0.2) is 47.6 Å². The molecule has 2 aromatic carbocycles. The molecule has 0 saturated heterocycles. The summed E-state index contributed by atoms with van der Waals surface area (Å²) in [5.74, 6) is 0.774. The van der Waals surface area contributed by atoms with Crippen molar-refractivity contribution in [2.24, 2.45) is 5.10 Å². The van der Waals surface area contributed by atoms with Gasteiger partial charge in [0.1, 0.15) is 5.75 Å². The van der Waals surface area contributed by atoms with Crippen molar-refractivity contribution in [1.29, 1.82) is 0 Å². The summed E-state index contributed by atoms with van der Waals surface area (Å²) in [5.41, 5.74) is 4.16. The number of rotatable bonds is 4. The second kappa shape index (κ2) is 7.98. The minimum atomic E-state index is 0.351. The van der Waals surface area contributed by atoms with Gasteiger partial charge in [0.2, 0.25) is 0 Å². The summed E-state index contributed by atoms with van der Waals surface area (Å²) in [5, 5.41) is 8.41. The van der Waals surface area contributed by atoms with E-state index in [1.54, 1.807) is 25.3 Å². The second-order valence-electron chi connectivity index (χ2n) is 4.19. The highest BCUT2D eigenvalue weighted by molar-refractivity contribution is 7.80. The van der Waals surface area contributed by atoms with Gasteiger partial charge >= 0.3 is 0 Å². The van der Waals surface area contributed by atoms with Crippen LogP contribution >= 0.6 is 35.4 Å². The van der Waals surface area contributed by atoms with Crippen molar-refractivity contribution in [3.63, 3.8) is 0 Å². The lowest BCUT2D eigenvalue weighted by atomic mass is 10.2. The van der Waals surface area contributed by atoms with E-state index in [1.807, 2.05) is 24.3 Å². The largest absolute Gasteiger partial charge is 0.497 e. The number of hydrogen-bond donors (Lipinski definition) is 2. The van der Waals surface area contributed by atoms with E-state index in [0.717, 1.165) is 11.4 Å². The lowest BCUT2D eigenvalue weighted by molar-refractivity contribution is 0.415. The van der Waals surface area contributed by atoms with Crippen molar-refractivity contribution < 1.29 is 4.74 Å². The normalized spacial score (nSPS) is 10.5. The Labute approximate surface area is 144 Å². The zero-order valence-corrected chi connectivity index (χ0v) is 14.0. The topological polar surface area (TPSA) is 45.6 Å². The first-order valence-electron chi connectivity index (χ1n) is 6.28. The fraction of sp³-hybridized carbons (Fsp3) is 0.0667. The molecule has 0 unspecified atom stereocenters. The summed E-state index contributed by atoms with van der Waals surface area (Å²) in [6, 6.07) is 12.6. The van der Waals surface area contributed by atoms with E-state index < -0.39 is 0 Å². The van der Waals surface area contributed by atoms with Crippen LogP contribution in [0, 0.1) is 0 Å². The molecule has 2 rings (SSSR count). The third-order valence-electron chi connectivity index (χ3n) is 2.71. The third kappa shape index (κ3) is 4.59. The molecular weight excluding hydrogens is 341 g/mol. The number of ether oxygens (including phenoxy) is 1. The Hall–Kier alpha value is -1.82. The molecule has 0 aliphatic rings. The number of thiocarbonyl (C=S) groups is 1. The molecule has 22 heavy (non-hydrogen) atoms. The molecule has 0 saturated carbocycles. The van der Waals surface area contributed by atoms with Crippen molar-refractivity contribution in [1.82, 2.24) is 5.43 Å². The molecule has 7 heteroatoms. The van der Waals surface area contributed by atoms with Gasteiger partial charge in [0.15, 0.2) is 5.11 Å². The molecule has 0 fully saturated rings. The smallest absolute Gasteiger partial charge is 0.191 e. The molecule has 0 aliphatic carbocycles. The SMILES string of the molecule is COc1ccc(NC(=S)N/N=C\c2c(Cl)cccc2Cl)cc1. The van der Waals surface area contributed by atoms with Gasteiger partial charge in [-0.15, -0.1) is 0 Å². The minimum absolute atomic E-state index is 0.351. The molecule has 114 valence electrons. The predicted octanol–water partition coefficient (Wildman–Crippen LogP) is 4.32. The standard InChI is InChI=1S/C15H13Cl2N3OS/c1-21-11-7-5-10(6-8-11)19-15(22)20-18-9-12-13(16)3-2-4-14(12)17/h2-9H,1H3,(H2,19,20,22)/b18-9-. The fourth-order valence-corrected chi connectivity index (χ4v) is 2.29. The number of nitrogens with zero attached hydrogens (tertiary/aromatic N) is 1. The summed E-state index contributed by atoms with van der Waals surface area (Å²) in [6.45, 7) is 0. The molecule has 0 amide bonds. The van der Waals surface area contributed by atoms with Gasteiger partial charge in [0.25, 0.3) is 0 Å². The van der Waals surface area contributed by atoms with Crippen LogP contribution in [-0.4, -0.2) is 18.4 Å². The summed E-state index contributed by atoms with van der Waals surface area (Å²) in [6.07, 6.45) is 1.52. The molecule has 2 aromatic rings. The van der Waals surface area contributed by atoms with Crippen molar-refractivity contribution >= 4 is 52.4 Å². The maximum Gasteiger partial charge on any atom is 0.191 e. The zero-order valence-electron chi connectivity index (χ0n) is 11.6. The van der Waals surface area contributed by atoms with Crippen LogP contribution in [0.25, 0.3) is 0 Å². The highest BCUT2D eigenvalue weighted by atomic mass is 35.5. The Kier molecular flexibility index (Phi) is 6.00. The number of anilines is 1. The molecule has 0 aromatic heterocycles. The Balaban J connectivity index is 1.93. The number of methoxy groups -OCH3 is 1. The van der Waals surface area contributed by atoms with E-state index in [-0.39, 0.29) is 0 Å². The lowest BCUT2D eigenvalue weighted by Gasteiger charge is -2.08. The molecule has 4 nitrogen and oxygen atoms in total. The number of halogens is 2. The first-order valence-corrected chi connectivity index (χ1v) is 7.44. The van der Waals surface area contributed by atoms with Crippen LogP contribution in [-0.2, 0) is 0 Å². The van der Waals surface area contributed by atoms with Gasteiger partial charge in [-0.1, -0.05) is 29.3 Å². The average Bonchev–Trinajstić information content (AvgIpc) is 2.51. The van der Waals surface area contributed by atoms with Crippen LogP contribution < -0.4 is 15.5 Å². The predicted molar refractivity (Wildman–Crippen MR) is 96.4 cm³/mol. The Morgan fingerprint density at radius 2 is 1.77 bits per heavy atom. The summed E-state index contributed by atoms with van der Waals surface area (Å²) in [7, 11) is 1.61. The quantitative estimate of drug-likeness (QED) is 0.488. The first-order chi connectivity index (χ1) is 10.6. The molecule has 2 N–H and O–H groups in total. The molecule has 0 bridgehead atoms. The van der Waals surface area contributed by atoms with Crippen LogP contribution in [0.1, 0.15) is 5.56 Å². The Morgan fingerprint density at radius 3 is 2.36 bits per heavy atom. The molecule has 0 heterocycles. The van der Waals surface area contributed by atoms with Crippen molar-refractivity contribution in [2.45, 2.75) is 0 Å². The van der Waals surface area contributed by atoms with Gasteiger partial charge in [-0.2, -0.15) is 5.10 Å².